The van der Waals surface area contributed by atoms with Gasteiger partial charge in [0.2, 0.25) is 20.0 Å². The number of rotatable bonds is 31. The molecular weight excluding hydrogens is 1080 g/mol. The highest BCUT2D eigenvalue weighted by molar-refractivity contribution is 7.89. The SMILES string of the molecule is N#Cc1cc(Cl)cc2c1CC[C@H]2Oc1ccc(S(=O)(=O)NCCOCCOCCNC(=O)NCCCCNC(=O)NCCOCCOCCNS(=O)(=O)c2ccc(O[C@@H]3CCc4c(C#N)cc(Cl)cc43)c(F)c2)cc1F. The molecule has 0 radical (unpaired) electrons. The van der Waals surface area contributed by atoms with Gasteiger partial charge in [0, 0.05) is 49.3 Å². The number of nitriles is 2. The highest BCUT2D eigenvalue weighted by atomic mass is 35.5. The summed E-state index contributed by atoms with van der Waals surface area (Å²) in [5.74, 6) is -1.96. The molecule has 2 aliphatic carbocycles. The third-order valence-corrected chi connectivity index (χ3v) is 15.1. The molecule has 0 aliphatic heterocycles. The number of hydrogen-bond acceptors (Lipinski definition) is 14. The molecule has 2 aliphatic rings. The van der Waals surface area contributed by atoms with E-state index in [0.29, 0.717) is 83.9 Å². The van der Waals surface area contributed by atoms with Gasteiger partial charge in [-0.25, -0.2) is 44.6 Å². The normalized spacial score (nSPS) is 14.8. The molecule has 0 unspecified atom stereocenters. The van der Waals surface area contributed by atoms with Crippen LogP contribution in [0.3, 0.4) is 0 Å². The van der Waals surface area contributed by atoms with Crippen LogP contribution in [0.4, 0.5) is 18.4 Å². The zero-order chi connectivity index (χ0) is 54.5. The Morgan fingerprint density at radius 2 is 0.908 bits per heavy atom. The average Bonchev–Trinajstić information content (AvgIpc) is 4.00. The Kier molecular flexibility index (Phi) is 23.1. The molecule has 76 heavy (non-hydrogen) atoms. The number of unbranched alkanes of at least 4 members (excludes halogenated alkanes) is 1. The molecule has 0 aromatic heterocycles. The van der Waals surface area contributed by atoms with E-state index in [1.54, 1.807) is 24.3 Å². The zero-order valence-corrected chi connectivity index (χ0v) is 44.3. The van der Waals surface area contributed by atoms with E-state index in [2.05, 4.69) is 42.8 Å². The third-order valence-electron chi connectivity index (χ3n) is 11.8. The monoisotopic (exact) mass is 1130 g/mol. The van der Waals surface area contributed by atoms with Crippen LogP contribution < -0.4 is 40.2 Å². The molecule has 410 valence electrons. The van der Waals surface area contributed by atoms with E-state index >= 15 is 0 Å². The maximum atomic E-state index is 15.0. The number of amides is 4. The molecule has 4 aromatic carbocycles. The number of fused-ring (bicyclic) bond motifs is 2. The van der Waals surface area contributed by atoms with Gasteiger partial charge in [0.25, 0.3) is 0 Å². The molecule has 2 atom stereocenters. The summed E-state index contributed by atoms with van der Waals surface area (Å²) in [5, 5.41) is 30.3. The molecule has 6 rings (SSSR count). The molecule has 0 heterocycles. The number of sulfonamides is 2. The van der Waals surface area contributed by atoms with Gasteiger partial charge in [-0.2, -0.15) is 10.5 Å². The number of hydrogen-bond donors (Lipinski definition) is 6. The number of ether oxygens (including phenoxy) is 6. The van der Waals surface area contributed by atoms with Crippen molar-refractivity contribution in [3.63, 3.8) is 0 Å². The number of urea groups is 2. The molecule has 4 aromatic rings. The molecule has 0 saturated carbocycles. The zero-order valence-electron chi connectivity index (χ0n) is 41.2. The fourth-order valence-corrected chi connectivity index (χ4v) is 10.6. The minimum absolute atomic E-state index is 0.0294. The Morgan fingerprint density at radius 3 is 1.28 bits per heavy atom. The van der Waals surface area contributed by atoms with Crippen LogP contribution in [0.25, 0.3) is 0 Å². The van der Waals surface area contributed by atoms with Crippen molar-refractivity contribution in [1.82, 2.24) is 30.7 Å². The summed E-state index contributed by atoms with van der Waals surface area (Å²) < 4.78 is 119. The van der Waals surface area contributed by atoms with Crippen molar-refractivity contribution >= 4 is 55.3 Å². The van der Waals surface area contributed by atoms with Gasteiger partial charge >= 0.3 is 12.1 Å². The lowest BCUT2D eigenvalue weighted by Gasteiger charge is -2.16. The molecule has 0 saturated heterocycles. The van der Waals surface area contributed by atoms with E-state index < -0.39 is 43.9 Å². The predicted octanol–water partition coefficient (Wildman–Crippen LogP) is 5.85. The first-order valence-corrected chi connectivity index (χ1v) is 28.0. The second-order valence-corrected chi connectivity index (χ2v) is 21.5. The molecular formula is C50H58Cl2F2N8O12S2. The van der Waals surface area contributed by atoms with Gasteiger partial charge in [-0.15, -0.1) is 0 Å². The highest BCUT2D eigenvalue weighted by Crippen LogP contribution is 2.41. The maximum Gasteiger partial charge on any atom is 0.314 e. The standard InChI is InChI=1S/C50H58Cl2F2N8O12S2/c51-35-25-33(31-55)39-5-9-45(41(39)27-35)73-47-7-3-37(29-43(47)53)75(65,66)61-15-19-71-23-21-69-17-13-59-49(63)57-11-1-2-12-58-50(64)60-14-18-70-22-24-72-20-16-62-76(67,68)38-4-8-48(44(54)30-38)74-46-10-6-40-34(32-56)26-36(52)28-42(40)46/h3-4,7-8,25-30,45-46,61-62H,1-2,5-6,9-24H2,(H2,57,59,63)(H2,58,60,64)/t45-,46-/m1/s1. The maximum absolute atomic E-state index is 15.0. The molecule has 26 heteroatoms. The predicted molar refractivity (Wildman–Crippen MR) is 274 cm³/mol. The Hall–Kier alpha value is -5.90. The van der Waals surface area contributed by atoms with Gasteiger partial charge in [0.15, 0.2) is 23.1 Å². The van der Waals surface area contributed by atoms with Crippen molar-refractivity contribution < 1.29 is 63.6 Å². The molecule has 4 amide bonds. The van der Waals surface area contributed by atoms with Gasteiger partial charge in [-0.05, 0) is 121 Å². The number of halogens is 4. The topological polar surface area (TPSA) is 278 Å². The second kappa shape index (κ2) is 29.6. The summed E-state index contributed by atoms with van der Waals surface area (Å²) in [5.41, 5.74) is 3.89. The summed E-state index contributed by atoms with van der Waals surface area (Å²) >= 11 is 12.3. The first-order chi connectivity index (χ1) is 36.6. The van der Waals surface area contributed by atoms with Crippen molar-refractivity contribution in [2.24, 2.45) is 0 Å². The lowest BCUT2D eigenvalue weighted by molar-refractivity contribution is 0.0516. The second-order valence-electron chi connectivity index (χ2n) is 17.1. The minimum atomic E-state index is -4.05. The van der Waals surface area contributed by atoms with E-state index in [1.165, 1.54) is 24.3 Å². The quantitative estimate of drug-likeness (QED) is 0.0323. The van der Waals surface area contributed by atoms with E-state index in [4.69, 9.17) is 51.6 Å². The van der Waals surface area contributed by atoms with Crippen LogP contribution >= 0.6 is 23.2 Å². The highest BCUT2D eigenvalue weighted by Gasteiger charge is 2.30. The van der Waals surface area contributed by atoms with Crippen LogP contribution in [0.1, 0.15) is 71.3 Å². The van der Waals surface area contributed by atoms with Gasteiger partial charge in [0.1, 0.15) is 12.2 Å². The van der Waals surface area contributed by atoms with Gasteiger partial charge in [-0.1, -0.05) is 23.2 Å². The lowest BCUT2D eigenvalue weighted by Crippen LogP contribution is -2.39. The molecule has 20 nitrogen and oxygen atoms in total. The first-order valence-electron chi connectivity index (χ1n) is 24.3. The minimum Gasteiger partial charge on any atom is -0.483 e. The summed E-state index contributed by atoms with van der Waals surface area (Å²) in [6.45, 7) is 2.30. The van der Waals surface area contributed by atoms with Crippen LogP contribution in [-0.2, 0) is 51.8 Å². The average molecular weight is 1140 g/mol. The number of carbonyl (C=O) groups excluding carboxylic acids is 2. The number of nitrogens with one attached hydrogen (secondary N) is 6. The van der Waals surface area contributed by atoms with Gasteiger partial charge in [0.05, 0.1) is 85.9 Å². The van der Waals surface area contributed by atoms with Crippen LogP contribution in [0.5, 0.6) is 11.5 Å². The van der Waals surface area contributed by atoms with Crippen LogP contribution in [-0.4, -0.2) is 121 Å². The van der Waals surface area contributed by atoms with Crippen LogP contribution in [0.2, 0.25) is 10.0 Å². The molecule has 0 bridgehead atoms. The van der Waals surface area contributed by atoms with Crippen molar-refractivity contribution in [1.29, 1.82) is 10.5 Å². The summed E-state index contributed by atoms with van der Waals surface area (Å²) in [6.07, 6.45) is 2.31. The molecule has 6 N–H and O–H groups in total. The first kappa shape index (κ1) is 59.3. The van der Waals surface area contributed by atoms with Gasteiger partial charge in [-0.3, -0.25) is 0 Å². The van der Waals surface area contributed by atoms with E-state index in [9.17, 15) is 45.7 Å². The fourth-order valence-electron chi connectivity index (χ4n) is 8.11. The lowest BCUT2D eigenvalue weighted by atomic mass is 10.0. The Morgan fingerprint density at radius 1 is 0.539 bits per heavy atom. The summed E-state index contributed by atoms with van der Waals surface area (Å²) in [7, 11) is -8.09. The number of benzene rings is 4. The smallest absolute Gasteiger partial charge is 0.314 e. The van der Waals surface area contributed by atoms with Crippen molar-refractivity contribution in [3.8, 4) is 23.6 Å². The Bertz CT molecular complexity index is 2770. The van der Waals surface area contributed by atoms with Crippen molar-refractivity contribution in [3.05, 3.63) is 116 Å². The van der Waals surface area contributed by atoms with Crippen LogP contribution in [0.15, 0.2) is 70.5 Å². The summed E-state index contributed by atoms with van der Waals surface area (Å²) in [4.78, 5) is 23.5. The number of nitrogens with zero attached hydrogens (tertiary/aromatic N) is 2. The fraction of sp³-hybridized carbons (Fsp3) is 0.440. The van der Waals surface area contributed by atoms with Gasteiger partial charge < -0.3 is 49.7 Å². The van der Waals surface area contributed by atoms with Crippen molar-refractivity contribution in [2.45, 2.75) is 60.5 Å². The molecule has 0 spiro atoms. The van der Waals surface area contributed by atoms with E-state index in [1.807, 2.05) is 0 Å². The van der Waals surface area contributed by atoms with E-state index in [-0.39, 0.29) is 112 Å². The Balaban J connectivity index is 0.691. The number of carbonyl (C=O) groups is 2. The van der Waals surface area contributed by atoms with Crippen LogP contribution in [0, 0.1) is 34.3 Å². The Labute approximate surface area is 450 Å². The van der Waals surface area contributed by atoms with Crippen molar-refractivity contribution in [2.75, 3.05) is 92.1 Å². The largest absolute Gasteiger partial charge is 0.483 e. The summed E-state index contributed by atoms with van der Waals surface area (Å²) in [6, 6.07) is 16.7. The molecule has 0 fully saturated rings. The van der Waals surface area contributed by atoms with E-state index in [0.717, 1.165) is 23.3 Å². The third kappa shape index (κ3) is 17.8.